The van der Waals surface area contributed by atoms with Crippen LogP contribution in [0.15, 0.2) is 60.8 Å². The Balaban J connectivity index is 1.26. The van der Waals surface area contributed by atoms with E-state index >= 15 is 0 Å². The fourth-order valence-electron chi connectivity index (χ4n) is 4.37. The fourth-order valence-corrected chi connectivity index (χ4v) is 4.37. The average molecular weight is 450 g/mol. The van der Waals surface area contributed by atoms with Crippen LogP contribution in [0.1, 0.15) is 37.6 Å². The molecule has 7 nitrogen and oxygen atoms in total. The summed E-state index contributed by atoms with van der Waals surface area (Å²) in [6.45, 7) is -0.496. The molecular weight excluding hydrogens is 426 g/mol. The van der Waals surface area contributed by atoms with Gasteiger partial charge in [0.1, 0.15) is 11.6 Å². The number of para-hydroxylation sites is 2. The molecule has 2 N–H and O–H groups in total. The molecule has 170 valence electrons. The minimum atomic E-state index is -2.75. The molecule has 0 radical (unpaired) electrons. The van der Waals surface area contributed by atoms with Gasteiger partial charge in [-0.2, -0.15) is 8.78 Å². The van der Waals surface area contributed by atoms with E-state index in [1.807, 2.05) is 36.5 Å². The molecule has 2 unspecified atom stereocenters. The van der Waals surface area contributed by atoms with E-state index in [0.29, 0.717) is 17.6 Å². The van der Waals surface area contributed by atoms with Gasteiger partial charge in [-0.15, -0.1) is 0 Å². The van der Waals surface area contributed by atoms with Crippen molar-refractivity contribution in [1.29, 1.82) is 0 Å². The molecule has 2 atom stereocenters. The number of imidazole rings is 2. The summed E-state index contributed by atoms with van der Waals surface area (Å²) in [5.41, 5.74) is 2.77. The number of carbonyl (C=O) groups excluding carboxylic acids is 1. The van der Waals surface area contributed by atoms with Crippen LogP contribution in [-0.4, -0.2) is 31.2 Å². The van der Waals surface area contributed by atoms with Gasteiger partial charge in [0.2, 0.25) is 0 Å². The highest BCUT2D eigenvalue weighted by Gasteiger charge is 2.25. The Labute approximate surface area is 189 Å². The Morgan fingerprint density at radius 2 is 1.85 bits per heavy atom. The SMILES string of the molecule is CC(NC(=O)NC1CCc2nc(-c3ccccc3)cn2C1)c1nc2ccccc2n1C(F)F. The second-order valence-corrected chi connectivity index (χ2v) is 8.24. The van der Waals surface area contributed by atoms with Gasteiger partial charge in [0.05, 0.1) is 22.8 Å². The van der Waals surface area contributed by atoms with Gasteiger partial charge in [0.25, 0.3) is 0 Å². The molecule has 4 aromatic rings. The number of aryl methyl sites for hydroxylation is 1. The highest BCUT2D eigenvalue weighted by Crippen LogP contribution is 2.27. The maximum absolute atomic E-state index is 13.7. The normalized spacial score (nSPS) is 16.5. The van der Waals surface area contributed by atoms with Crippen molar-refractivity contribution in [2.45, 2.75) is 44.9 Å². The van der Waals surface area contributed by atoms with Gasteiger partial charge in [-0.1, -0.05) is 42.5 Å². The van der Waals surface area contributed by atoms with Crippen molar-refractivity contribution in [2.24, 2.45) is 0 Å². The number of alkyl halides is 2. The van der Waals surface area contributed by atoms with Crippen molar-refractivity contribution >= 4 is 17.1 Å². The fraction of sp³-hybridized carbons (Fsp3) is 0.292. The zero-order valence-corrected chi connectivity index (χ0v) is 18.1. The summed E-state index contributed by atoms with van der Waals surface area (Å²) in [6.07, 6.45) is 3.50. The van der Waals surface area contributed by atoms with Crippen molar-refractivity contribution < 1.29 is 13.6 Å². The maximum Gasteiger partial charge on any atom is 0.320 e. The molecular formula is C24H24F2N6O. The lowest BCUT2D eigenvalue weighted by molar-refractivity contribution is 0.0699. The average Bonchev–Trinajstić information content (AvgIpc) is 3.41. The monoisotopic (exact) mass is 450 g/mol. The summed E-state index contributed by atoms with van der Waals surface area (Å²) in [6, 6.07) is 15.5. The summed E-state index contributed by atoms with van der Waals surface area (Å²) in [7, 11) is 0. The van der Waals surface area contributed by atoms with Crippen LogP contribution in [0.3, 0.4) is 0 Å². The van der Waals surface area contributed by atoms with E-state index in [0.717, 1.165) is 34.5 Å². The topological polar surface area (TPSA) is 76.8 Å². The first kappa shape index (κ1) is 21.1. The molecule has 0 saturated heterocycles. The molecule has 0 aliphatic carbocycles. The summed E-state index contributed by atoms with van der Waals surface area (Å²) >= 11 is 0. The molecule has 3 heterocycles. The second kappa shape index (κ2) is 8.65. The number of nitrogens with zero attached hydrogens (tertiary/aromatic N) is 4. The Kier molecular flexibility index (Phi) is 5.53. The number of rotatable bonds is 5. The maximum atomic E-state index is 13.7. The zero-order chi connectivity index (χ0) is 22.9. The minimum absolute atomic E-state index is 0.0866. The van der Waals surface area contributed by atoms with Gasteiger partial charge >= 0.3 is 12.6 Å². The summed E-state index contributed by atoms with van der Waals surface area (Å²) in [4.78, 5) is 21.7. The van der Waals surface area contributed by atoms with E-state index in [2.05, 4.69) is 20.2 Å². The number of urea groups is 1. The number of benzene rings is 2. The van der Waals surface area contributed by atoms with Gasteiger partial charge in [0, 0.05) is 30.8 Å². The number of hydrogen-bond acceptors (Lipinski definition) is 3. The lowest BCUT2D eigenvalue weighted by atomic mass is 10.1. The number of nitrogens with one attached hydrogen (secondary N) is 2. The van der Waals surface area contributed by atoms with E-state index in [1.54, 1.807) is 31.2 Å². The standard InChI is InChI=1S/C24H24F2N6O/c1-15(22-30-18-9-5-6-10-20(18)32(22)23(25)26)27-24(33)28-17-11-12-21-29-19(14-31(21)13-17)16-7-3-2-4-8-16/h2-10,14-15,17,23H,11-13H2,1H3,(H2,27,28,33). The highest BCUT2D eigenvalue weighted by atomic mass is 19.3. The first-order valence-electron chi connectivity index (χ1n) is 10.9. The Hall–Kier alpha value is -3.75. The largest absolute Gasteiger partial charge is 0.334 e. The molecule has 33 heavy (non-hydrogen) atoms. The van der Waals surface area contributed by atoms with Crippen LogP contribution in [-0.2, 0) is 13.0 Å². The lowest BCUT2D eigenvalue weighted by Crippen LogP contribution is -2.46. The van der Waals surface area contributed by atoms with E-state index in [4.69, 9.17) is 4.98 Å². The molecule has 2 aromatic heterocycles. The molecule has 1 aliphatic rings. The van der Waals surface area contributed by atoms with Crippen LogP contribution in [0.2, 0.25) is 0 Å². The third kappa shape index (κ3) is 4.18. The molecule has 9 heteroatoms. The molecule has 2 aromatic carbocycles. The van der Waals surface area contributed by atoms with Gasteiger partial charge in [-0.05, 0) is 25.5 Å². The molecule has 0 spiro atoms. The van der Waals surface area contributed by atoms with Crippen molar-refractivity contribution in [3.8, 4) is 11.3 Å². The minimum Gasteiger partial charge on any atom is -0.334 e. The Morgan fingerprint density at radius 3 is 2.64 bits per heavy atom. The van der Waals surface area contributed by atoms with Crippen LogP contribution in [0, 0.1) is 0 Å². The van der Waals surface area contributed by atoms with E-state index in [-0.39, 0.29) is 11.9 Å². The molecule has 0 fully saturated rings. The molecule has 0 bridgehead atoms. The predicted octanol–water partition coefficient (Wildman–Crippen LogP) is 4.67. The summed E-state index contributed by atoms with van der Waals surface area (Å²) in [5.74, 6) is 1.11. The second-order valence-electron chi connectivity index (χ2n) is 8.24. The Bertz CT molecular complexity index is 1280. The van der Waals surface area contributed by atoms with Crippen molar-refractivity contribution in [1.82, 2.24) is 29.7 Å². The molecule has 0 saturated carbocycles. The first-order chi connectivity index (χ1) is 16.0. The number of aromatic nitrogens is 4. The number of carbonyl (C=O) groups is 1. The molecule has 1 aliphatic heterocycles. The van der Waals surface area contributed by atoms with Crippen LogP contribution in [0.25, 0.3) is 22.3 Å². The number of fused-ring (bicyclic) bond motifs is 2. The van der Waals surface area contributed by atoms with Crippen LogP contribution in [0.4, 0.5) is 13.6 Å². The smallest absolute Gasteiger partial charge is 0.320 e. The number of amides is 2. The van der Waals surface area contributed by atoms with Crippen molar-refractivity contribution in [2.75, 3.05) is 0 Å². The highest BCUT2D eigenvalue weighted by molar-refractivity contribution is 5.77. The summed E-state index contributed by atoms with van der Waals surface area (Å²) < 4.78 is 30.4. The summed E-state index contributed by atoms with van der Waals surface area (Å²) in [5, 5.41) is 5.73. The first-order valence-corrected chi connectivity index (χ1v) is 10.9. The van der Waals surface area contributed by atoms with Crippen LogP contribution in [0.5, 0.6) is 0 Å². The van der Waals surface area contributed by atoms with Crippen molar-refractivity contribution in [3.05, 3.63) is 72.4 Å². The van der Waals surface area contributed by atoms with Gasteiger partial charge < -0.3 is 15.2 Å². The van der Waals surface area contributed by atoms with Crippen LogP contribution >= 0.6 is 0 Å². The quantitative estimate of drug-likeness (QED) is 0.464. The van der Waals surface area contributed by atoms with E-state index < -0.39 is 18.6 Å². The molecule has 5 rings (SSSR count). The third-order valence-electron chi connectivity index (χ3n) is 5.95. The van der Waals surface area contributed by atoms with Gasteiger partial charge in [-0.3, -0.25) is 4.57 Å². The Morgan fingerprint density at radius 1 is 1.09 bits per heavy atom. The van der Waals surface area contributed by atoms with Crippen molar-refractivity contribution in [3.63, 3.8) is 0 Å². The number of hydrogen-bond donors (Lipinski definition) is 2. The zero-order valence-electron chi connectivity index (χ0n) is 18.1. The molecule has 2 amide bonds. The third-order valence-corrected chi connectivity index (χ3v) is 5.95. The van der Waals surface area contributed by atoms with Gasteiger partial charge in [0.15, 0.2) is 0 Å². The van der Waals surface area contributed by atoms with E-state index in [9.17, 15) is 13.6 Å². The predicted molar refractivity (Wildman–Crippen MR) is 121 cm³/mol. The van der Waals surface area contributed by atoms with E-state index in [1.165, 1.54) is 0 Å². The number of halogens is 2. The van der Waals surface area contributed by atoms with Gasteiger partial charge in [-0.25, -0.2) is 14.8 Å². The van der Waals surface area contributed by atoms with Crippen LogP contribution < -0.4 is 10.6 Å². The lowest BCUT2D eigenvalue weighted by Gasteiger charge is -2.25.